The topological polar surface area (TPSA) is 63.6 Å². The third kappa shape index (κ3) is 3.13. The highest BCUT2D eigenvalue weighted by Crippen LogP contribution is 2.49. The number of hydrogen-bond acceptors (Lipinski definition) is 3. The molecule has 1 aliphatic carbocycles. The van der Waals surface area contributed by atoms with Gasteiger partial charge in [0.2, 0.25) is 0 Å². The first kappa shape index (κ1) is 13.6. The number of carboxylic acid groups (broad SMARTS) is 1. The maximum Gasteiger partial charge on any atom is 0.335 e. The van der Waals surface area contributed by atoms with Crippen molar-refractivity contribution in [3.8, 4) is 0 Å². The number of hydrogen-bond donors (Lipinski definition) is 1. The van der Waals surface area contributed by atoms with Crippen molar-refractivity contribution >= 4 is 11.9 Å². The van der Waals surface area contributed by atoms with Crippen LogP contribution in [0.5, 0.6) is 0 Å². The number of carbonyl (C=O) groups is 2. The zero-order chi connectivity index (χ0) is 14.2. The first-order valence-corrected chi connectivity index (χ1v) is 6.34. The number of esters is 1. The van der Waals surface area contributed by atoms with Crippen molar-refractivity contribution in [2.45, 2.75) is 38.7 Å². The SMILES string of the molecule is CC(C)(C)OC(=O)[C@@H]1C[C@H]1c1ccccc1C(=O)O. The highest BCUT2D eigenvalue weighted by molar-refractivity contribution is 5.90. The Morgan fingerprint density at radius 1 is 1.26 bits per heavy atom. The number of ether oxygens (including phenoxy) is 1. The Bertz CT molecular complexity index is 513. The first-order valence-electron chi connectivity index (χ1n) is 6.34. The number of rotatable bonds is 3. The van der Waals surface area contributed by atoms with E-state index in [2.05, 4.69) is 0 Å². The van der Waals surface area contributed by atoms with E-state index in [1.165, 1.54) is 0 Å². The molecule has 4 nitrogen and oxygen atoms in total. The monoisotopic (exact) mass is 262 g/mol. The Kier molecular flexibility index (Phi) is 3.35. The highest BCUT2D eigenvalue weighted by atomic mass is 16.6. The van der Waals surface area contributed by atoms with Crippen molar-refractivity contribution in [1.82, 2.24) is 0 Å². The molecule has 0 spiro atoms. The molecular weight excluding hydrogens is 244 g/mol. The van der Waals surface area contributed by atoms with Crippen LogP contribution < -0.4 is 0 Å². The van der Waals surface area contributed by atoms with E-state index in [9.17, 15) is 9.59 Å². The molecule has 4 heteroatoms. The molecule has 0 saturated heterocycles. The Morgan fingerprint density at radius 3 is 2.47 bits per heavy atom. The van der Waals surface area contributed by atoms with Gasteiger partial charge in [0.05, 0.1) is 11.5 Å². The van der Waals surface area contributed by atoms with E-state index in [-0.39, 0.29) is 23.4 Å². The maximum absolute atomic E-state index is 11.9. The molecule has 1 fully saturated rings. The molecule has 0 heterocycles. The Hall–Kier alpha value is -1.84. The second-order valence-corrected chi connectivity index (χ2v) is 5.87. The third-order valence-electron chi connectivity index (χ3n) is 3.09. The summed E-state index contributed by atoms with van der Waals surface area (Å²) in [6, 6.07) is 6.84. The summed E-state index contributed by atoms with van der Waals surface area (Å²) in [4.78, 5) is 23.1. The third-order valence-corrected chi connectivity index (χ3v) is 3.09. The minimum atomic E-state index is -0.953. The number of aromatic carboxylic acids is 1. The Balaban J connectivity index is 2.11. The summed E-state index contributed by atoms with van der Waals surface area (Å²) in [5, 5.41) is 9.14. The molecule has 19 heavy (non-hydrogen) atoms. The Labute approximate surface area is 112 Å². The number of carboxylic acids is 1. The molecule has 0 aromatic heterocycles. The van der Waals surface area contributed by atoms with Crippen LogP contribution in [0.3, 0.4) is 0 Å². The standard InChI is InChI=1S/C15H18O4/c1-15(2,3)19-14(18)12-8-11(12)9-6-4-5-7-10(9)13(16)17/h4-7,11-12H,8H2,1-3H3,(H,16,17)/t11-,12+/m0/s1. The van der Waals surface area contributed by atoms with Crippen molar-refractivity contribution in [2.75, 3.05) is 0 Å². The molecule has 1 aromatic carbocycles. The summed E-state index contributed by atoms with van der Waals surface area (Å²) >= 11 is 0. The van der Waals surface area contributed by atoms with Crippen LogP contribution in [-0.2, 0) is 9.53 Å². The molecule has 102 valence electrons. The fraction of sp³-hybridized carbons (Fsp3) is 0.467. The predicted molar refractivity (Wildman–Crippen MR) is 70.1 cm³/mol. The van der Waals surface area contributed by atoms with Gasteiger partial charge < -0.3 is 9.84 Å². The van der Waals surface area contributed by atoms with Crippen LogP contribution in [0.15, 0.2) is 24.3 Å². The van der Waals surface area contributed by atoms with E-state index in [1.54, 1.807) is 24.3 Å². The molecule has 0 bridgehead atoms. The second-order valence-electron chi connectivity index (χ2n) is 5.87. The van der Waals surface area contributed by atoms with E-state index in [0.717, 1.165) is 5.56 Å². The largest absolute Gasteiger partial charge is 0.478 e. The summed E-state index contributed by atoms with van der Waals surface area (Å²) < 4.78 is 5.33. The number of carbonyl (C=O) groups excluding carboxylic acids is 1. The summed E-state index contributed by atoms with van der Waals surface area (Å²) in [6.07, 6.45) is 0.666. The van der Waals surface area contributed by atoms with Crippen LogP contribution in [0.2, 0.25) is 0 Å². The van der Waals surface area contributed by atoms with Crippen molar-refractivity contribution < 1.29 is 19.4 Å². The molecule has 0 unspecified atom stereocenters. The summed E-state index contributed by atoms with van der Waals surface area (Å²) in [6.45, 7) is 5.48. The summed E-state index contributed by atoms with van der Waals surface area (Å²) in [5.41, 5.74) is 0.501. The molecule has 1 aliphatic rings. The van der Waals surface area contributed by atoms with Gasteiger partial charge in [0, 0.05) is 0 Å². The van der Waals surface area contributed by atoms with Gasteiger partial charge in [-0.15, -0.1) is 0 Å². The van der Waals surface area contributed by atoms with Gasteiger partial charge in [-0.25, -0.2) is 4.79 Å². The normalized spacial score (nSPS) is 21.8. The van der Waals surface area contributed by atoms with Gasteiger partial charge in [-0.1, -0.05) is 18.2 Å². The molecule has 1 saturated carbocycles. The zero-order valence-corrected chi connectivity index (χ0v) is 11.3. The van der Waals surface area contributed by atoms with Crippen LogP contribution in [0, 0.1) is 5.92 Å². The lowest BCUT2D eigenvalue weighted by molar-refractivity contribution is -0.156. The fourth-order valence-corrected chi connectivity index (χ4v) is 2.19. The van der Waals surface area contributed by atoms with Crippen LogP contribution in [0.25, 0.3) is 0 Å². The van der Waals surface area contributed by atoms with Crippen molar-refractivity contribution in [3.63, 3.8) is 0 Å². The van der Waals surface area contributed by atoms with Gasteiger partial charge >= 0.3 is 11.9 Å². The maximum atomic E-state index is 11.9. The summed E-state index contributed by atoms with van der Waals surface area (Å²) in [7, 11) is 0. The second kappa shape index (κ2) is 4.68. The molecule has 0 amide bonds. The first-order chi connectivity index (χ1) is 8.79. The van der Waals surface area contributed by atoms with Gasteiger partial charge in [0.1, 0.15) is 5.60 Å². The van der Waals surface area contributed by atoms with Crippen LogP contribution in [0.1, 0.15) is 49.0 Å². The average Bonchev–Trinajstić information content (AvgIpc) is 3.06. The average molecular weight is 262 g/mol. The van der Waals surface area contributed by atoms with Gasteiger partial charge in [0.25, 0.3) is 0 Å². The van der Waals surface area contributed by atoms with Gasteiger partial charge in [-0.3, -0.25) is 4.79 Å². The minimum Gasteiger partial charge on any atom is -0.478 e. The van der Waals surface area contributed by atoms with E-state index >= 15 is 0 Å². The predicted octanol–water partition coefficient (Wildman–Crippen LogP) is 2.83. The van der Waals surface area contributed by atoms with Crippen molar-refractivity contribution in [1.29, 1.82) is 0 Å². The molecule has 1 N–H and O–H groups in total. The molecule has 0 radical (unpaired) electrons. The van der Waals surface area contributed by atoms with Crippen LogP contribution >= 0.6 is 0 Å². The van der Waals surface area contributed by atoms with E-state index in [4.69, 9.17) is 9.84 Å². The molecule has 2 atom stereocenters. The number of benzene rings is 1. The van der Waals surface area contributed by atoms with Gasteiger partial charge in [0.15, 0.2) is 0 Å². The molecule has 0 aliphatic heterocycles. The highest BCUT2D eigenvalue weighted by Gasteiger charge is 2.47. The van der Waals surface area contributed by atoms with E-state index in [1.807, 2.05) is 20.8 Å². The van der Waals surface area contributed by atoms with E-state index < -0.39 is 11.6 Å². The lowest BCUT2D eigenvalue weighted by Gasteiger charge is -2.19. The van der Waals surface area contributed by atoms with Crippen molar-refractivity contribution in [3.05, 3.63) is 35.4 Å². The molecular formula is C15H18O4. The zero-order valence-electron chi connectivity index (χ0n) is 11.3. The smallest absolute Gasteiger partial charge is 0.335 e. The lowest BCUT2D eigenvalue weighted by Crippen LogP contribution is -2.25. The molecule has 1 aromatic rings. The summed E-state index contributed by atoms with van der Waals surface area (Å²) in [5.74, 6) is -1.43. The van der Waals surface area contributed by atoms with Crippen LogP contribution in [-0.4, -0.2) is 22.6 Å². The van der Waals surface area contributed by atoms with Crippen LogP contribution in [0.4, 0.5) is 0 Å². The minimum absolute atomic E-state index is 0.0258. The van der Waals surface area contributed by atoms with Crippen molar-refractivity contribution in [2.24, 2.45) is 5.92 Å². The molecule has 2 rings (SSSR count). The van der Waals surface area contributed by atoms with E-state index in [0.29, 0.717) is 6.42 Å². The quantitative estimate of drug-likeness (QED) is 0.851. The van der Waals surface area contributed by atoms with Gasteiger partial charge in [-0.2, -0.15) is 0 Å². The Morgan fingerprint density at radius 2 is 1.89 bits per heavy atom. The van der Waals surface area contributed by atoms with Gasteiger partial charge in [-0.05, 0) is 44.7 Å². The lowest BCUT2D eigenvalue weighted by atomic mass is 10.0. The fourth-order valence-electron chi connectivity index (χ4n) is 2.19.